The van der Waals surface area contributed by atoms with Crippen molar-refractivity contribution >= 4 is 28.4 Å². The molecular weight excluding hydrogens is 381 g/mol. The van der Waals surface area contributed by atoms with E-state index in [4.69, 9.17) is 4.74 Å². The maximum absolute atomic E-state index is 12.6. The largest absolute Gasteiger partial charge is 0.461 e. The number of carbonyl (C=O) groups excluding carboxylic acids is 1. The van der Waals surface area contributed by atoms with Gasteiger partial charge < -0.3 is 4.74 Å². The van der Waals surface area contributed by atoms with Crippen LogP contribution >= 0.6 is 22.6 Å². The normalized spacial score (nSPS) is 16.8. The fourth-order valence-electron chi connectivity index (χ4n) is 1.89. The molecule has 1 aromatic heterocycles. The highest BCUT2D eigenvalue weighted by molar-refractivity contribution is 14.1. The highest BCUT2D eigenvalue weighted by Gasteiger charge is 2.33. The number of carbonyl (C=O) groups is 1. The van der Waals surface area contributed by atoms with Crippen LogP contribution in [0.5, 0.6) is 5.75 Å². The molecule has 0 spiro atoms. The Hall–Kier alpha value is -1.44. The Labute approximate surface area is 136 Å². The molecule has 6 heteroatoms. The molecule has 5 radical (unpaired) electrons. The van der Waals surface area contributed by atoms with Crippen molar-refractivity contribution in [1.82, 2.24) is 14.8 Å². The monoisotopic (exact) mass is 392 g/mol. The topological polar surface area (TPSA) is 57.0 Å². The summed E-state index contributed by atoms with van der Waals surface area (Å²) in [6.07, 6.45) is 9.12. The summed E-state index contributed by atoms with van der Waals surface area (Å²) in [7, 11) is 0. The van der Waals surface area contributed by atoms with Gasteiger partial charge in [-0.2, -0.15) is 5.10 Å². The van der Waals surface area contributed by atoms with Crippen LogP contribution in [-0.2, 0) is 4.79 Å². The lowest BCUT2D eigenvalue weighted by Crippen LogP contribution is -2.29. The average Bonchev–Trinajstić information content (AvgIpc) is 3.19. The van der Waals surface area contributed by atoms with Crippen molar-refractivity contribution in [1.29, 1.82) is 0 Å². The van der Waals surface area contributed by atoms with Crippen molar-refractivity contribution in [3.05, 3.63) is 72.1 Å². The van der Waals surface area contributed by atoms with Gasteiger partial charge in [0.1, 0.15) is 18.4 Å². The third-order valence-electron chi connectivity index (χ3n) is 2.91. The highest BCUT2D eigenvalue weighted by Crippen LogP contribution is 2.29. The molecule has 0 aliphatic heterocycles. The van der Waals surface area contributed by atoms with Gasteiger partial charge in [-0.05, 0) is 72.5 Å². The van der Waals surface area contributed by atoms with Crippen LogP contribution in [0.1, 0.15) is 6.23 Å². The van der Waals surface area contributed by atoms with Crippen LogP contribution in [0.2, 0.25) is 0 Å². The molecule has 1 aliphatic rings. The van der Waals surface area contributed by atoms with Gasteiger partial charge in [-0.1, -0.05) is 0 Å². The Morgan fingerprint density at radius 3 is 2.52 bits per heavy atom. The number of hydrogen-bond acceptors (Lipinski definition) is 4. The number of aromatic nitrogens is 3. The van der Waals surface area contributed by atoms with Crippen molar-refractivity contribution in [2.75, 3.05) is 0 Å². The molecular formula is C15H11IN3O2. The smallest absolute Gasteiger partial charge is 0.252 e. The number of nitrogens with zero attached hydrogens (tertiary/aromatic N) is 3. The van der Waals surface area contributed by atoms with Gasteiger partial charge in [0.15, 0.2) is 0 Å². The van der Waals surface area contributed by atoms with Crippen molar-refractivity contribution in [2.45, 2.75) is 6.23 Å². The highest BCUT2D eigenvalue weighted by atomic mass is 127. The quantitative estimate of drug-likeness (QED) is 0.734. The summed E-state index contributed by atoms with van der Waals surface area (Å²) >= 11 is 2.21. The molecule has 1 aliphatic carbocycles. The van der Waals surface area contributed by atoms with Gasteiger partial charge in [-0.25, -0.2) is 9.67 Å². The lowest BCUT2D eigenvalue weighted by molar-refractivity contribution is -0.127. The lowest BCUT2D eigenvalue weighted by atomic mass is 10.0. The molecule has 0 N–H and O–H groups in total. The van der Waals surface area contributed by atoms with Crippen LogP contribution in [0.3, 0.4) is 0 Å². The summed E-state index contributed by atoms with van der Waals surface area (Å²) in [5.74, 6) is 1.03. The first kappa shape index (κ1) is 14.5. The molecule has 1 fully saturated rings. The van der Waals surface area contributed by atoms with E-state index in [0.29, 0.717) is 11.7 Å². The van der Waals surface area contributed by atoms with Crippen LogP contribution in [0.25, 0.3) is 0 Å². The van der Waals surface area contributed by atoms with Gasteiger partial charge in [0.2, 0.25) is 5.78 Å². The van der Waals surface area contributed by atoms with Gasteiger partial charge in [-0.15, -0.1) is 0 Å². The van der Waals surface area contributed by atoms with Gasteiger partial charge in [-0.3, -0.25) is 4.79 Å². The van der Waals surface area contributed by atoms with Gasteiger partial charge in [0.05, 0.1) is 5.92 Å². The molecule has 105 valence electrons. The molecule has 0 bridgehead atoms. The molecule has 1 atom stereocenters. The molecule has 1 aromatic carbocycles. The zero-order valence-electron chi connectivity index (χ0n) is 10.9. The predicted octanol–water partition coefficient (Wildman–Crippen LogP) is 2.43. The summed E-state index contributed by atoms with van der Waals surface area (Å²) in [4.78, 5) is 16.4. The maximum atomic E-state index is 12.6. The van der Waals surface area contributed by atoms with Crippen molar-refractivity contribution in [3.63, 3.8) is 0 Å². The zero-order valence-corrected chi connectivity index (χ0v) is 13.0. The number of rotatable bonds is 5. The first-order chi connectivity index (χ1) is 10.2. The van der Waals surface area contributed by atoms with Crippen LogP contribution in [0.4, 0.5) is 0 Å². The maximum Gasteiger partial charge on any atom is 0.252 e. The molecule has 2 aromatic rings. The molecule has 0 amide bonds. The number of Topliss-reactive ketones (excluding diaryl/α,β-unsaturated/α-hetero) is 1. The Morgan fingerprint density at radius 2 is 1.90 bits per heavy atom. The first-order valence-electron chi connectivity index (χ1n) is 6.26. The van der Waals surface area contributed by atoms with Crippen molar-refractivity contribution in [3.8, 4) is 5.75 Å². The Morgan fingerprint density at radius 1 is 1.19 bits per heavy atom. The van der Waals surface area contributed by atoms with Gasteiger partial charge in [0.25, 0.3) is 6.23 Å². The third kappa shape index (κ3) is 3.42. The number of hydrogen-bond donors (Lipinski definition) is 0. The minimum Gasteiger partial charge on any atom is -0.461 e. The van der Waals surface area contributed by atoms with Gasteiger partial charge >= 0.3 is 0 Å². The number of ether oxygens (including phenoxy) is 1. The second kappa shape index (κ2) is 6.55. The summed E-state index contributed by atoms with van der Waals surface area (Å²) in [6.45, 7) is 0. The molecule has 1 unspecified atom stereocenters. The van der Waals surface area contributed by atoms with Crippen molar-refractivity contribution < 1.29 is 9.53 Å². The summed E-state index contributed by atoms with van der Waals surface area (Å²) in [6, 6.07) is 7.48. The molecule has 3 rings (SSSR count). The fraction of sp³-hybridized carbons (Fsp3) is 0.0667. The first-order valence-corrected chi connectivity index (χ1v) is 7.34. The van der Waals surface area contributed by atoms with E-state index in [1.807, 2.05) is 37.1 Å². The SMILES string of the molecule is O=C([C]1[CH][CH][CH][CH]1)C(Oc1ccc(I)cc1)n1cncn1. The number of benzene rings is 1. The summed E-state index contributed by atoms with van der Waals surface area (Å²) < 4.78 is 8.31. The van der Waals surface area contributed by atoms with Crippen LogP contribution in [0, 0.1) is 35.2 Å². The van der Waals surface area contributed by atoms with E-state index in [1.54, 1.807) is 12.8 Å². The summed E-state index contributed by atoms with van der Waals surface area (Å²) in [5, 5.41) is 4.02. The van der Waals surface area contributed by atoms with E-state index in [1.165, 1.54) is 17.3 Å². The van der Waals surface area contributed by atoms with Crippen molar-refractivity contribution in [2.24, 2.45) is 0 Å². The van der Waals surface area contributed by atoms with Gasteiger partial charge in [0, 0.05) is 3.57 Å². The second-order valence-corrected chi connectivity index (χ2v) is 5.58. The minimum atomic E-state index is -0.866. The van der Waals surface area contributed by atoms with Crippen LogP contribution in [-0.4, -0.2) is 20.5 Å². The van der Waals surface area contributed by atoms with E-state index in [2.05, 4.69) is 32.7 Å². The van der Waals surface area contributed by atoms with E-state index < -0.39 is 6.23 Å². The molecule has 1 heterocycles. The van der Waals surface area contributed by atoms with E-state index >= 15 is 0 Å². The Balaban J connectivity index is 1.82. The van der Waals surface area contributed by atoms with Crippen LogP contribution < -0.4 is 4.74 Å². The predicted molar refractivity (Wildman–Crippen MR) is 84.3 cm³/mol. The number of halogens is 1. The minimum absolute atomic E-state index is 0.163. The standard InChI is InChI=1S/C15H11IN3O2/c16-12-5-7-13(8-6-12)21-15(19-10-17-9-18-19)14(20)11-3-1-2-4-11/h1-10,15H. The van der Waals surface area contributed by atoms with E-state index in [9.17, 15) is 4.79 Å². The average molecular weight is 392 g/mol. The molecule has 0 saturated heterocycles. The fourth-order valence-corrected chi connectivity index (χ4v) is 2.25. The van der Waals surface area contributed by atoms with E-state index in [-0.39, 0.29) is 5.78 Å². The van der Waals surface area contributed by atoms with Crippen LogP contribution in [0.15, 0.2) is 36.9 Å². The van der Waals surface area contributed by atoms with E-state index in [0.717, 1.165) is 3.57 Å². The second-order valence-electron chi connectivity index (χ2n) is 4.34. The third-order valence-corrected chi connectivity index (χ3v) is 3.63. The Kier molecular flexibility index (Phi) is 4.52. The molecule has 1 saturated carbocycles. The zero-order chi connectivity index (χ0) is 14.7. The number of ketones is 1. The summed E-state index contributed by atoms with van der Waals surface area (Å²) in [5.41, 5.74) is 0. The molecule has 5 nitrogen and oxygen atoms in total. The lowest BCUT2D eigenvalue weighted by Gasteiger charge is -2.20. The Bertz CT molecular complexity index is 592. The molecule has 21 heavy (non-hydrogen) atoms.